The highest BCUT2D eigenvalue weighted by molar-refractivity contribution is 5.63. The molecule has 3 rings (SSSR count). The van der Waals surface area contributed by atoms with Crippen LogP contribution < -0.4 is 5.73 Å². The fourth-order valence-corrected chi connectivity index (χ4v) is 2.42. The fourth-order valence-electron chi connectivity index (χ4n) is 2.42. The number of nitrogens with zero attached hydrogens (tertiary/aromatic N) is 2. The standard InChI is InChI=1S/C17H19N3/c1-2-3-13-4-6-15(7-5-13)16-12-20-9-8-14(11-18)10-17(20)19-16/h4-10,12H,2-3,11,18H2,1H3. The van der Waals surface area contributed by atoms with Gasteiger partial charge in [-0.3, -0.25) is 0 Å². The van der Waals surface area contributed by atoms with E-state index in [-0.39, 0.29) is 0 Å². The molecule has 0 spiro atoms. The van der Waals surface area contributed by atoms with Gasteiger partial charge in [0, 0.05) is 24.5 Å². The molecule has 3 nitrogen and oxygen atoms in total. The first kappa shape index (κ1) is 12.9. The number of imidazole rings is 1. The molecule has 0 saturated heterocycles. The number of pyridine rings is 1. The molecule has 2 heterocycles. The van der Waals surface area contributed by atoms with Gasteiger partial charge in [-0.1, -0.05) is 37.6 Å². The van der Waals surface area contributed by atoms with Gasteiger partial charge >= 0.3 is 0 Å². The summed E-state index contributed by atoms with van der Waals surface area (Å²) < 4.78 is 2.04. The second-order valence-corrected chi connectivity index (χ2v) is 5.08. The van der Waals surface area contributed by atoms with Crippen LogP contribution in [0, 0.1) is 0 Å². The molecule has 0 aliphatic rings. The second kappa shape index (κ2) is 5.47. The minimum Gasteiger partial charge on any atom is -0.326 e. The smallest absolute Gasteiger partial charge is 0.137 e. The van der Waals surface area contributed by atoms with Gasteiger partial charge in [-0.2, -0.15) is 0 Å². The topological polar surface area (TPSA) is 43.3 Å². The van der Waals surface area contributed by atoms with Gasteiger partial charge in [0.05, 0.1) is 5.69 Å². The molecule has 2 aromatic heterocycles. The summed E-state index contributed by atoms with van der Waals surface area (Å²) >= 11 is 0. The Bertz CT molecular complexity index is 711. The number of hydrogen-bond donors (Lipinski definition) is 1. The Morgan fingerprint density at radius 3 is 2.60 bits per heavy atom. The molecule has 0 aliphatic carbocycles. The Morgan fingerprint density at radius 2 is 1.90 bits per heavy atom. The quantitative estimate of drug-likeness (QED) is 0.785. The lowest BCUT2D eigenvalue weighted by molar-refractivity contribution is 0.922. The van der Waals surface area contributed by atoms with Gasteiger partial charge in [-0.15, -0.1) is 0 Å². The van der Waals surface area contributed by atoms with Crippen molar-refractivity contribution in [2.24, 2.45) is 5.73 Å². The summed E-state index contributed by atoms with van der Waals surface area (Å²) in [5.41, 5.74) is 11.3. The third kappa shape index (κ3) is 2.45. The van der Waals surface area contributed by atoms with Crippen LogP contribution in [0.25, 0.3) is 16.9 Å². The maximum absolute atomic E-state index is 5.67. The maximum Gasteiger partial charge on any atom is 0.137 e. The lowest BCUT2D eigenvalue weighted by atomic mass is 10.1. The van der Waals surface area contributed by atoms with Crippen LogP contribution in [0.15, 0.2) is 48.8 Å². The highest BCUT2D eigenvalue weighted by Crippen LogP contribution is 2.20. The van der Waals surface area contributed by atoms with Crippen molar-refractivity contribution < 1.29 is 0 Å². The summed E-state index contributed by atoms with van der Waals surface area (Å²) in [4.78, 5) is 4.67. The molecule has 0 radical (unpaired) electrons. The van der Waals surface area contributed by atoms with E-state index in [4.69, 9.17) is 5.73 Å². The Morgan fingerprint density at radius 1 is 1.10 bits per heavy atom. The molecule has 0 saturated carbocycles. The zero-order valence-corrected chi connectivity index (χ0v) is 11.7. The van der Waals surface area contributed by atoms with E-state index in [0.717, 1.165) is 28.9 Å². The number of aromatic nitrogens is 2. The summed E-state index contributed by atoms with van der Waals surface area (Å²) in [6.45, 7) is 2.75. The van der Waals surface area contributed by atoms with Crippen molar-refractivity contribution in [3.63, 3.8) is 0 Å². The van der Waals surface area contributed by atoms with Crippen LogP contribution >= 0.6 is 0 Å². The van der Waals surface area contributed by atoms with Crippen LogP contribution in [0.5, 0.6) is 0 Å². The number of aryl methyl sites for hydroxylation is 1. The van der Waals surface area contributed by atoms with Crippen molar-refractivity contribution in [2.75, 3.05) is 0 Å². The largest absolute Gasteiger partial charge is 0.326 e. The van der Waals surface area contributed by atoms with Crippen molar-refractivity contribution in [3.8, 4) is 11.3 Å². The highest BCUT2D eigenvalue weighted by atomic mass is 15.0. The highest BCUT2D eigenvalue weighted by Gasteiger charge is 2.05. The van der Waals surface area contributed by atoms with Gasteiger partial charge in [0.2, 0.25) is 0 Å². The molecule has 3 heteroatoms. The number of rotatable bonds is 4. The van der Waals surface area contributed by atoms with Gasteiger partial charge in [0.1, 0.15) is 5.65 Å². The van der Waals surface area contributed by atoms with Crippen molar-refractivity contribution in [3.05, 3.63) is 59.9 Å². The maximum atomic E-state index is 5.67. The van der Waals surface area contributed by atoms with Crippen LogP contribution in [0.2, 0.25) is 0 Å². The SMILES string of the molecule is CCCc1ccc(-c2cn3ccc(CN)cc3n2)cc1. The molecule has 20 heavy (non-hydrogen) atoms. The summed E-state index contributed by atoms with van der Waals surface area (Å²) in [5, 5.41) is 0. The van der Waals surface area contributed by atoms with E-state index >= 15 is 0 Å². The number of benzene rings is 1. The predicted octanol–water partition coefficient (Wildman–Crippen LogP) is 3.41. The van der Waals surface area contributed by atoms with Gasteiger partial charge in [-0.05, 0) is 29.7 Å². The zero-order chi connectivity index (χ0) is 13.9. The molecular weight excluding hydrogens is 246 g/mol. The third-order valence-electron chi connectivity index (χ3n) is 3.55. The second-order valence-electron chi connectivity index (χ2n) is 5.08. The lowest BCUT2D eigenvalue weighted by Crippen LogP contribution is -1.96. The fraction of sp³-hybridized carbons (Fsp3) is 0.235. The molecule has 1 aromatic carbocycles. The van der Waals surface area contributed by atoms with Gasteiger partial charge in [0.15, 0.2) is 0 Å². The summed E-state index contributed by atoms with van der Waals surface area (Å²) in [6.07, 6.45) is 6.38. The summed E-state index contributed by atoms with van der Waals surface area (Å²) in [6, 6.07) is 12.7. The van der Waals surface area contributed by atoms with Crippen molar-refractivity contribution in [1.29, 1.82) is 0 Å². The molecule has 0 atom stereocenters. The normalized spacial score (nSPS) is 11.1. The Labute approximate surface area is 119 Å². The van der Waals surface area contributed by atoms with E-state index in [1.807, 2.05) is 22.7 Å². The minimum atomic E-state index is 0.546. The van der Waals surface area contributed by atoms with E-state index in [0.29, 0.717) is 6.54 Å². The zero-order valence-electron chi connectivity index (χ0n) is 11.7. The number of fused-ring (bicyclic) bond motifs is 1. The summed E-state index contributed by atoms with van der Waals surface area (Å²) in [7, 11) is 0. The number of hydrogen-bond acceptors (Lipinski definition) is 2. The molecule has 2 N–H and O–H groups in total. The Balaban J connectivity index is 1.96. The van der Waals surface area contributed by atoms with Crippen LogP contribution in [-0.2, 0) is 13.0 Å². The first-order valence-corrected chi connectivity index (χ1v) is 7.07. The monoisotopic (exact) mass is 265 g/mol. The average molecular weight is 265 g/mol. The third-order valence-corrected chi connectivity index (χ3v) is 3.55. The van der Waals surface area contributed by atoms with E-state index < -0.39 is 0 Å². The van der Waals surface area contributed by atoms with Crippen molar-refractivity contribution in [2.45, 2.75) is 26.3 Å². The summed E-state index contributed by atoms with van der Waals surface area (Å²) in [5.74, 6) is 0. The molecular formula is C17H19N3. The minimum absolute atomic E-state index is 0.546. The van der Waals surface area contributed by atoms with Crippen LogP contribution in [0.1, 0.15) is 24.5 Å². The van der Waals surface area contributed by atoms with Crippen molar-refractivity contribution >= 4 is 5.65 Å². The van der Waals surface area contributed by atoms with E-state index in [1.54, 1.807) is 0 Å². The molecule has 0 fully saturated rings. The van der Waals surface area contributed by atoms with Crippen LogP contribution in [-0.4, -0.2) is 9.38 Å². The first-order valence-electron chi connectivity index (χ1n) is 7.07. The Hall–Kier alpha value is -2.13. The van der Waals surface area contributed by atoms with E-state index in [2.05, 4.69) is 42.4 Å². The molecule has 0 amide bonds. The first-order chi connectivity index (χ1) is 9.80. The Kier molecular flexibility index (Phi) is 3.52. The molecule has 102 valence electrons. The van der Waals surface area contributed by atoms with Gasteiger partial charge in [-0.25, -0.2) is 4.98 Å². The van der Waals surface area contributed by atoms with Crippen molar-refractivity contribution in [1.82, 2.24) is 9.38 Å². The average Bonchev–Trinajstić information content (AvgIpc) is 2.91. The lowest BCUT2D eigenvalue weighted by Gasteiger charge is -2.00. The predicted molar refractivity (Wildman–Crippen MR) is 82.5 cm³/mol. The molecule has 0 aliphatic heterocycles. The van der Waals surface area contributed by atoms with Crippen LogP contribution in [0.3, 0.4) is 0 Å². The van der Waals surface area contributed by atoms with Gasteiger partial charge < -0.3 is 10.1 Å². The number of nitrogens with two attached hydrogens (primary N) is 1. The van der Waals surface area contributed by atoms with E-state index in [1.165, 1.54) is 12.0 Å². The molecule has 0 bridgehead atoms. The molecule has 0 unspecified atom stereocenters. The van der Waals surface area contributed by atoms with E-state index in [9.17, 15) is 0 Å². The molecule has 3 aromatic rings. The van der Waals surface area contributed by atoms with Crippen LogP contribution in [0.4, 0.5) is 0 Å². The van der Waals surface area contributed by atoms with Gasteiger partial charge in [0.25, 0.3) is 0 Å².